The number of anilines is 1. The molecule has 2 fully saturated rings. The van der Waals surface area contributed by atoms with E-state index in [-0.39, 0.29) is 0 Å². The van der Waals surface area contributed by atoms with Crippen molar-refractivity contribution in [2.45, 2.75) is 13.0 Å². The Balaban J connectivity index is 1.61. The Hall–Kier alpha value is -2.47. The molecule has 1 aliphatic heterocycles. The fourth-order valence-electron chi connectivity index (χ4n) is 4.30. The maximum atomic E-state index is 5.81. The number of pyridine rings is 2. The lowest BCUT2D eigenvalue weighted by molar-refractivity contribution is 0.343. The molecule has 0 spiro atoms. The van der Waals surface area contributed by atoms with Gasteiger partial charge in [0.25, 0.3) is 0 Å². The SMILES string of the molecule is Cc1nc2ccc(-c3ccnc(N)c3)nc2n1C1C2CN(C)CC21. The van der Waals surface area contributed by atoms with Crippen LogP contribution >= 0.6 is 0 Å². The van der Waals surface area contributed by atoms with Crippen LogP contribution in [-0.2, 0) is 0 Å². The largest absolute Gasteiger partial charge is 0.384 e. The average Bonchev–Trinajstić information content (AvgIpc) is 2.91. The zero-order valence-electron chi connectivity index (χ0n) is 13.8. The molecule has 2 unspecified atom stereocenters. The van der Waals surface area contributed by atoms with Gasteiger partial charge < -0.3 is 15.2 Å². The van der Waals surface area contributed by atoms with Crippen LogP contribution in [0.3, 0.4) is 0 Å². The van der Waals surface area contributed by atoms with Gasteiger partial charge in [0, 0.05) is 30.9 Å². The standard InChI is InChI=1S/C18H20N6/c1-10-21-15-4-3-14(11-5-6-20-16(19)7-11)22-18(15)24(10)17-12-8-23(2)9-13(12)17/h3-7,12-13,17H,8-9H2,1-2H3,(H2,19,20). The topological polar surface area (TPSA) is 72.9 Å². The molecule has 4 heterocycles. The van der Waals surface area contributed by atoms with E-state index >= 15 is 0 Å². The maximum Gasteiger partial charge on any atom is 0.160 e. The summed E-state index contributed by atoms with van der Waals surface area (Å²) < 4.78 is 2.35. The highest BCUT2D eigenvalue weighted by Crippen LogP contribution is 2.56. The maximum absolute atomic E-state index is 5.81. The quantitative estimate of drug-likeness (QED) is 0.783. The molecule has 122 valence electrons. The molecule has 2 aliphatic rings. The summed E-state index contributed by atoms with van der Waals surface area (Å²) >= 11 is 0. The van der Waals surface area contributed by atoms with E-state index in [1.807, 2.05) is 18.2 Å². The predicted molar refractivity (Wildman–Crippen MR) is 93.4 cm³/mol. The smallest absolute Gasteiger partial charge is 0.160 e. The van der Waals surface area contributed by atoms with E-state index in [1.54, 1.807) is 6.20 Å². The summed E-state index contributed by atoms with van der Waals surface area (Å²) in [5.41, 5.74) is 9.68. The second kappa shape index (κ2) is 4.77. The summed E-state index contributed by atoms with van der Waals surface area (Å²) in [6.07, 6.45) is 1.72. The zero-order valence-corrected chi connectivity index (χ0v) is 13.8. The number of piperidine rings is 1. The number of rotatable bonds is 2. The van der Waals surface area contributed by atoms with Gasteiger partial charge >= 0.3 is 0 Å². The lowest BCUT2D eigenvalue weighted by Gasteiger charge is -2.15. The molecule has 24 heavy (non-hydrogen) atoms. The normalized spacial score (nSPS) is 26.0. The third-order valence-electron chi connectivity index (χ3n) is 5.42. The molecule has 2 N–H and O–H groups in total. The van der Waals surface area contributed by atoms with Crippen LogP contribution in [0.15, 0.2) is 30.5 Å². The lowest BCUT2D eigenvalue weighted by atomic mass is 10.1. The van der Waals surface area contributed by atoms with Crippen molar-refractivity contribution in [3.05, 3.63) is 36.3 Å². The van der Waals surface area contributed by atoms with Crippen molar-refractivity contribution in [3.8, 4) is 11.3 Å². The number of hydrogen-bond donors (Lipinski definition) is 1. The molecular formula is C18H20N6. The van der Waals surface area contributed by atoms with Crippen LogP contribution in [0.25, 0.3) is 22.4 Å². The lowest BCUT2D eigenvalue weighted by Crippen LogP contribution is -2.20. The third-order valence-corrected chi connectivity index (χ3v) is 5.42. The molecule has 6 nitrogen and oxygen atoms in total. The van der Waals surface area contributed by atoms with Gasteiger partial charge in [0.1, 0.15) is 17.2 Å². The van der Waals surface area contributed by atoms with Crippen LogP contribution in [0.5, 0.6) is 0 Å². The second-order valence-electron chi connectivity index (χ2n) is 7.08. The molecular weight excluding hydrogens is 300 g/mol. The first-order valence-corrected chi connectivity index (χ1v) is 8.38. The number of fused-ring (bicyclic) bond motifs is 2. The number of nitrogens with two attached hydrogens (primary N) is 1. The Morgan fingerprint density at radius 1 is 1.12 bits per heavy atom. The van der Waals surface area contributed by atoms with Gasteiger partial charge in [-0.2, -0.15) is 0 Å². The van der Waals surface area contributed by atoms with E-state index in [0.717, 1.165) is 40.1 Å². The zero-order chi connectivity index (χ0) is 16.4. The van der Waals surface area contributed by atoms with Crippen molar-refractivity contribution in [2.24, 2.45) is 11.8 Å². The Labute approximate surface area is 140 Å². The fraction of sp³-hybridized carbons (Fsp3) is 0.389. The monoisotopic (exact) mass is 320 g/mol. The van der Waals surface area contributed by atoms with Crippen LogP contribution in [0.4, 0.5) is 5.82 Å². The number of hydrogen-bond acceptors (Lipinski definition) is 5. The molecule has 5 rings (SSSR count). The highest BCUT2D eigenvalue weighted by Gasteiger charge is 2.56. The van der Waals surface area contributed by atoms with Crippen molar-refractivity contribution < 1.29 is 0 Å². The molecule has 1 aliphatic carbocycles. The van der Waals surface area contributed by atoms with Crippen LogP contribution in [0.2, 0.25) is 0 Å². The number of nitrogens with zero attached hydrogens (tertiary/aromatic N) is 5. The number of aromatic nitrogens is 4. The number of aryl methyl sites for hydroxylation is 1. The second-order valence-corrected chi connectivity index (χ2v) is 7.08. The molecule has 1 saturated carbocycles. The van der Waals surface area contributed by atoms with Crippen LogP contribution in [-0.4, -0.2) is 44.6 Å². The first-order chi connectivity index (χ1) is 11.6. The molecule has 3 aromatic rings. The average molecular weight is 320 g/mol. The summed E-state index contributed by atoms with van der Waals surface area (Å²) in [6, 6.07) is 8.43. The van der Waals surface area contributed by atoms with E-state index in [2.05, 4.69) is 34.5 Å². The first kappa shape index (κ1) is 13.9. The summed E-state index contributed by atoms with van der Waals surface area (Å²) in [4.78, 5) is 16.1. The number of imidazole rings is 1. The molecule has 3 aromatic heterocycles. The predicted octanol–water partition coefficient (Wildman–Crippen LogP) is 2.12. The van der Waals surface area contributed by atoms with Gasteiger partial charge in [0.05, 0.1) is 5.69 Å². The molecule has 0 bridgehead atoms. The summed E-state index contributed by atoms with van der Waals surface area (Å²) in [6.45, 7) is 4.44. The molecule has 0 amide bonds. The summed E-state index contributed by atoms with van der Waals surface area (Å²) in [5.74, 6) is 3.06. The Kier molecular flexibility index (Phi) is 2.77. The highest BCUT2D eigenvalue weighted by atomic mass is 15.3. The minimum absolute atomic E-state index is 0.513. The Morgan fingerprint density at radius 2 is 1.92 bits per heavy atom. The molecule has 1 saturated heterocycles. The molecule has 2 atom stereocenters. The Morgan fingerprint density at radius 3 is 2.67 bits per heavy atom. The van der Waals surface area contributed by atoms with Gasteiger partial charge in [-0.25, -0.2) is 15.0 Å². The Bertz CT molecular complexity index is 934. The van der Waals surface area contributed by atoms with E-state index in [0.29, 0.717) is 11.9 Å². The van der Waals surface area contributed by atoms with Gasteiger partial charge in [-0.05, 0) is 50.1 Å². The first-order valence-electron chi connectivity index (χ1n) is 8.38. The van der Waals surface area contributed by atoms with E-state index < -0.39 is 0 Å². The van der Waals surface area contributed by atoms with E-state index in [1.165, 1.54) is 13.1 Å². The fourth-order valence-corrected chi connectivity index (χ4v) is 4.30. The molecule has 0 radical (unpaired) electrons. The minimum atomic E-state index is 0.513. The van der Waals surface area contributed by atoms with Gasteiger partial charge in [-0.3, -0.25) is 0 Å². The summed E-state index contributed by atoms with van der Waals surface area (Å²) in [7, 11) is 2.20. The summed E-state index contributed by atoms with van der Waals surface area (Å²) in [5, 5.41) is 0. The van der Waals surface area contributed by atoms with Crippen LogP contribution < -0.4 is 5.73 Å². The van der Waals surface area contributed by atoms with Crippen molar-refractivity contribution in [3.63, 3.8) is 0 Å². The van der Waals surface area contributed by atoms with Crippen LogP contribution in [0, 0.1) is 18.8 Å². The van der Waals surface area contributed by atoms with Crippen molar-refractivity contribution in [1.29, 1.82) is 0 Å². The van der Waals surface area contributed by atoms with Crippen molar-refractivity contribution in [1.82, 2.24) is 24.4 Å². The van der Waals surface area contributed by atoms with Gasteiger partial charge in [0.2, 0.25) is 0 Å². The minimum Gasteiger partial charge on any atom is -0.384 e. The van der Waals surface area contributed by atoms with Crippen molar-refractivity contribution >= 4 is 17.0 Å². The molecule has 0 aromatic carbocycles. The van der Waals surface area contributed by atoms with Gasteiger partial charge in [-0.15, -0.1) is 0 Å². The van der Waals surface area contributed by atoms with Gasteiger partial charge in [-0.1, -0.05) is 0 Å². The highest BCUT2D eigenvalue weighted by molar-refractivity contribution is 5.77. The third kappa shape index (κ3) is 1.96. The number of likely N-dealkylation sites (tertiary alicyclic amines) is 1. The molecule has 6 heteroatoms. The van der Waals surface area contributed by atoms with E-state index in [4.69, 9.17) is 15.7 Å². The number of nitrogen functional groups attached to an aromatic ring is 1. The van der Waals surface area contributed by atoms with E-state index in [9.17, 15) is 0 Å². The van der Waals surface area contributed by atoms with Crippen molar-refractivity contribution in [2.75, 3.05) is 25.9 Å². The van der Waals surface area contributed by atoms with Crippen LogP contribution in [0.1, 0.15) is 11.9 Å². The van der Waals surface area contributed by atoms with Gasteiger partial charge in [0.15, 0.2) is 5.65 Å².